The largest absolute Gasteiger partial charge is 0.444 e. The van der Waals surface area contributed by atoms with Crippen molar-refractivity contribution in [1.29, 1.82) is 0 Å². The highest BCUT2D eigenvalue weighted by Crippen LogP contribution is 2.12. The number of ether oxygens (including phenoxy) is 1. The van der Waals surface area contributed by atoms with Crippen LogP contribution in [0.3, 0.4) is 0 Å². The first-order chi connectivity index (χ1) is 13.0. The molecule has 0 aromatic rings. The minimum absolute atomic E-state index is 0. The first-order valence-electron chi connectivity index (χ1n) is 9.97. The molecule has 172 valence electrons. The van der Waals surface area contributed by atoms with Crippen molar-refractivity contribution in [3.8, 4) is 0 Å². The van der Waals surface area contributed by atoms with Crippen LogP contribution in [0.2, 0.25) is 0 Å². The van der Waals surface area contributed by atoms with Gasteiger partial charge in [-0.2, -0.15) is 0 Å². The molecular formula is C19H38F2IN5O2. The first kappa shape index (κ1) is 28.1. The van der Waals surface area contributed by atoms with E-state index in [1.54, 1.807) is 11.9 Å². The summed E-state index contributed by atoms with van der Waals surface area (Å²) in [5.41, 5.74) is -0.546. The second-order valence-corrected chi connectivity index (χ2v) is 8.56. The van der Waals surface area contributed by atoms with Crippen molar-refractivity contribution in [3.63, 3.8) is 0 Å². The summed E-state index contributed by atoms with van der Waals surface area (Å²) in [6.07, 6.45) is -1.15. The van der Waals surface area contributed by atoms with Crippen LogP contribution >= 0.6 is 24.0 Å². The van der Waals surface area contributed by atoms with Crippen molar-refractivity contribution in [3.05, 3.63) is 0 Å². The molecule has 10 heteroatoms. The van der Waals surface area contributed by atoms with Crippen LogP contribution in [0.1, 0.15) is 47.5 Å². The van der Waals surface area contributed by atoms with E-state index in [1.807, 2.05) is 34.6 Å². The van der Waals surface area contributed by atoms with Gasteiger partial charge in [0.05, 0.1) is 12.6 Å². The second-order valence-electron chi connectivity index (χ2n) is 8.56. The van der Waals surface area contributed by atoms with Crippen molar-refractivity contribution in [2.45, 2.75) is 71.6 Å². The number of amides is 1. The Balaban J connectivity index is 0.00000784. The van der Waals surface area contributed by atoms with Gasteiger partial charge in [-0.15, -0.1) is 24.0 Å². The number of hydrogen-bond donors (Lipinski definition) is 3. The van der Waals surface area contributed by atoms with E-state index in [4.69, 9.17) is 4.74 Å². The maximum absolute atomic E-state index is 12.5. The topological polar surface area (TPSA) is 78.0 Å². The zero-order chi connectivity index (χ0) is 21.3. The van der Waals surface area contributed by atoms with E-state index in [-0.39, 0.29) is 48.5 Å². The van der Waals surface area contributed by atoms with Gasteiger partial charge in [-0.05, 0) is 39.5 Å². The molecule has 1 atom stereocenters. The van der Waals surface area contributed by atoms with Gasteiger partial charge in [0, 0.05) is 32.7 Å². The van der Waals surface area contributed by atoms with E-state index in [9.17, 15) is 13.6 Å². The van der Waals surface area contributed by atoms with Gasteiger partial charge in [-0.25, -0.2) is 13.6 Å². The molecule has 0 aliphatic carbocycles. The second kappa shape index (κ2) is 13.4. The molecular weight excluding hydrogens is 495 g/mol. The molecule has 7 nitrogen and oxygen atoms in total. The van der Waals surface area contributed by atoms with E-state index in [1.165, 1.54) is 0 Å². The van der Waals surface area contributed by atoms with Crippen molar-refractivity contribution in [1.82, 2.24) is 20.9 Å². The van der Waals surface area contributed by atoms with Crippen LogP contribution in [0.5, 0.6) is 0 Å². The average molecular weight is 533 g/mol. The summed E-state index contributed by atoms with van der Waals surface area (Å²) < 4.78 is 30.3. The summed E-state index contributed by atoms with van der Waals surface area (Å²) in [7, 11) is 1.69. The van der Waals surface area contributed by atoms with Crippen LogP contribution in [0.4, 0.5) is 13.6 Å². The lowest BCUT2D eigenvalue weighted by atomic mass is 10.0. The molecule has 0 radical (unpaired) electrons. The minimum Gasteiger partial charge on any atom is -0.444 e. The van der Waals surface area contributed by atoms with Crippen LogP contribution in [0.15, 0.2) is 4.99 Å². The average Bonchev–Trinajstić information content (AvgIpc) is 2.56. The normalized spacial score (nSPS) is 17.7. The molecule has 1 rings (SSSR count). The number of halogens is 3. The summed E-state index contributed by atoms with van der Waals surface area (Å²) >= 11 is 0. The lowest BCUT2D eigenvalue weighted by Crippen LogP contribution is -2.53. The molecule has 1 saturated heterocycles. The van der Waals surface area contributed by atoms with E-state index >= 15 is 0 Å². The monoisotopic (exact) mass is 533 g/mol. The molecule has 0 aromatic carbocycles. The molecule has 0 aromatic heterocycles. The van der Waals surface area contributed by atoms with Gasteiger partial charge in [0.25, 0.3) is 6.43 Å². The van der Waals surface area contributed by atoms with E-state index in [2.05, 4.69) is 20.9 Å². The molecule has 1 aliphatic rings. The Kier molecular flexibility index (Phi) is 13.0. The zero-order valence-corrected chi connectivity index (χ0v) is 20.8. The predicted molar refractivity (Wildman–Crippen MR) is 123 cm³/mol. The number of carbonyl (C=O) groups excluding carboxylic acids is 1. The number of nitrogens with zero attached hydrogens (tertiary/aromatic N) is 2. The summed E-state index contributed by atoms with van der Waals surface area (Å²) in [5, 5.41) is 9.49. The molecule has 1 heterocycles. The van der Waals surface area contributed by atoms with Crippen LogP contribution in [0, 0.1) is 5.92 Å². The Morgan fingerprint density at radius 1 is 1.24 bits per heavy atom. The van der Waals surface area contributed by atoms with Gasteiger partial charge in [0.1, 0.15) is 5.60 Å². The SMILES string of the molecule is CN=C(NCC(NC(=O)OC(C)(C)C)C(C)C)NC1CCN(CC(F)F)CC1.I. The van der Waals surface area contributed by atoms with Crippen LogP contribution in [-0.4, -0.2) is 74.3 Å². The number of alkyl halides is 2. The predicted octanol–water partition coefficient (Wildman–Crippen LogP) is 3.05. The third kappa shape index (κ3) is 12.4. The maximum atomic E-state index is 12.5. The van der Waals surface area contributed by atoms with E-state index < -0.39 is 18.1 Å². The fourth-order valence-electron chi connectivity index (χ4n) is 2.96. The Morgan fingerprint density at radius 2 is 1.83 bits per heavy atom. The number of carbonyl (C=O) groups is 1. The number of aliphatic imine (C=N–C) groups is 1. The lowest BCUT2D eigenvalue weighted by molar-refractivity contribution is 0.0491. The highest BCUT2D eigenvalue weighted by Gasteiger charge is 2.24. The molecule has 0 bridgehead atoms. The quantitative estimate of drug-likeness (QED) is 0.267. The van der Waals surface area contributed by atoms with Crippen LogP contribution in [0.25, 0.3) is 0 Å². The summed E-state index contributed by atoms with van der Waals surface area (Å²) in [6, 6.07) is 0.0673. The van der Waals surface area contributed by atoms with Gasteiger partial charge < -0.3 is 20.7 Å². The smallest absolute Gasteiger partial charge is 0.407 e. The summed E-state index contributed by atoms with van der Waals surface area (Å²) in [4.78, 5) is 18.1. The minimum atomic E-state index is -2.29. The summed E-state index contributed by atoms with van der Waals surface area (Å²) in [6.45, 7) is 11.2. The van der Waals surface area contributed by atoms with Crippen molar-refractivity contribution < 1.29 is 18.3 Å². The molecule has 1 amide bonds. The number of nitrogens with one attached hydrogen (secondary N) is 3. The van der Waals surface area contributed by atoms with Gasteiger partial charge >= 0.3 is 6.09 Å². The van der Waals surface area contributed by atoms with Crippen molar-refractivity contribution in [2.75, 3.05) is 33.2 Å². The van der Waals surface area contributed by atoms with Gasteiger partial charge in [-0.1, -0.05) is 13.8 Å². The highest BCUT2D eigenvalue weighted by molar-refractivity contribution is 14.0. The molecule has 1 fully saturated rings. The van der Waals surface area contributed by atoms with Gasteiger partial charge in [0.15, 0.2) is 5.96 Å². The number of guanidine groups is 1. The first-order valence-corrected chi connectivity index (χ1v) is 9.97. The molecule has 0 saturated carbocycles. The highest BCUT2D eigenvalue weighted by atomic mass is 127. The summed E-state index contributed by atoms with van der Waals surface area (Å²) in [5.74, 6) is 0.847. The lowest BCUT2D eigenvalue weighted by Gasteiger charge is -2.33. The number of piperidine rings is 1. The Labute approximate surface area is 190 Å². The number of hydrogen-bond acceptors (Lipinski definition) is 4. The van der Waals surface area contributed by atoms with Gasteiger partial charge in [-0.3, -0.25) is 9.89 Å². The zero-order valence-electron chi connectivity index (χ0n) is 18.4. The fraction of sp³-hybridized carbons (Fsp3) is 0.895. The van der Waals surface area contributed by atoms with Gasteiger partial charge in [0.2, 0.25) is 0 Å². The van der Waals surface area contributed by atoms with Crippen molar-refractivity contribution >= 4 is 36.0 Å². The Morgan fingerprint density at radius 3 is 2.28 bits per heavy atom. The Hall–Kier alpha value is -0.910. The van der Waals surface area contributed by atoms with Crippen LogP contribution in [-0.2, 0) is 4.74 Å². The number of likely N-dealkylation sites (tertiary alicyclic amines) is 1. The fourth-order valence-corrected chi connectivity index (χ4v) is 2.96. The van der Waals surface area contributed by atoms with E-state index in [0.29, 0.717) is 25.6 Å². The molecule has 1 aliphatic heterocycles. The molecule has 1 unspecified atom stereocenters. The van der Waals surface area contributed by atoms with E-state index in [0.717, 1.165) is 12.8 Å². The van der Waals surface area contributed by atoms with Crippen LogP contribution < -0.4 is 16.0 Å². The standard InChI is InChI=1S/C19H37F2N5O2.HI/c1-13(2)15(25-18(27)28-19(3,4)5)11-23-17(22-6)24-14-7-9-26(10-8-14)12-16(20)21;/h13-16H,7-12H2,1-6H3,(H,25,27)(H2,22,23,24);1H. The molecule has 3 N–H and O–H groups in total. The third-order valence-corrected chi connectivity index (χ3v) is 4.54. The number of rotatable bonds is 7. The number of alkyl carbamates (subject to hydrolysis) is 1. The maximum Gasteiger partial charge on any atom is 0.407 e. The third-order valence-electron chi connectivity index (χ3n) is 4.54. The molecule has 0 spiro atoms. The Bertz CT molecular complexity index is 507. The van der Waals surface area contributed by atoms with Crippen molar-refractivity contribution in [2.24, 2.45) is 10.9 Å². The molecule has 29 heavy (non-hydrogen) atoms.